The van der Waals surface area contributed by atoms with E-state index in [1.807, 2.05) is 11.3 Å². The Bertz CT molecular complexity index is 310. The van der Waals surface area contributed by atoms with Crippen molar-refractivity contribution in [3.8, 4) is 0 Å². The Morgan fingerprint density at radius 1 is 1.53 bits per heavy atom. The van der Waals surface area contributed by atoms with E-state index in [0.29, 0.717) is 12.6 Å². The molecular weight excluding hydrogens is 206 g/mol. The van der Waals surface area contributed by atoms with E-state index in [0.717, 1.165) is 19.5 Å². The van der Waals surface area contributed by atoms with Crippen molar-refractivity contribution in [2.75, 3.05) is 13.2 Å². The number of piperidine rings is 1. The van der Waals surface area contributed by atoms with Crippen LogP contribution in [0.1, 0.15) is 29.7 Å². The van der Waals surface area contributed by atoms with Gasteiger partial charge in [0, 0.05) is 17.5 Å². The van der Waals surface area contributed by atoms with Crippen molar-refractivity contribution < 1.29 is 5.11 Å². The van der Waals surface area contributed by atoms with Crippen molar-refractivity contribution in [3.05, 3.63) is 21.9 Å². The van der Waals surface area contributed by atoms with E-state index in [1.54, 1.807) is 0 Å². The minimum Gasteiger partial charge on any atom is -0.395 e. The second-order valence-corrected chi connectivity index (χ2v) is 5.33. The van der Waals surface area contributed by atoms with Gasteiger partial charge in [-0.2, -0.15) is 0 Å². The molecule has 0 aromatic carbocycles. The molecule has 1 saturated heterocycles. The lowest BCUT2D eigenvalue weighted by Crippen LogP contribution is -2.41. The number of rotatable bonds is 3. The van der Waals surface area contributed by atoms with E-state index in [1.165, 1.54) is 23.3 Å². The molecule has 1 fully saturated rings. The molecule has 0 aliphatic carbocycles. The van der Waals surface area contributed by atoms with E-state index in [2.05, 4.69) is 23.3 Å². The molecule has 0 radical (unpaired) electrons. The summed E-state index contributed by atoms with van der Waals surface area (Å²) < 4.78 is 0. The number of likely N-dealkylation sites (tertiary alicyclic amines) is 1. The number of aliphatic hydroxyl groups is 1. The third-order valence-electron chi connectivity index (χ3n) is 3.27. The summed E-state index contributed by atoms with van der Waals surface area (Å²) in [4.78, 5) is 3.89. The van der Waals surface area contributed by atoms with Gasteiger partial charge in [0.25, 0.3) is 0 Å². The van der Waals surface area contributed by atoms with Crippen molar-refractivity contribution in [2.45, 2.75) is 38.8 Å². The van der Waals surface area contributed by atoms with E-state index < -0.39 is 0 Å². The van der Waals surface area contributed by atoms with Gasteiger partial charge in [0.1, 0.15) is 0 Å². The molecule has 2 heterocycles. The predicted molar refractivity (Wildman–Crippen MR) is 64.2 cm³/mol. The highest BCUT2D eigenvalue weighted by Crippen LogP contribution is 2.23. The van der Waals surface area contributed by atoms with E-state index in [-0.39, 0.29) is 0 Å². The van der Waals surface area contributed by atoms with Crippen molar-refractivity contribution in [1.82, 2.24) is 4.90 Å². The summed E-state index contributed by atoms with van der Waals surface area (Å²) in [6.45, 7) is 4.64. The molecule has 1 unspecified atom stereocenters. The lowest BCUT2D eigenvalue weighted by molar-refractivity contribution is 0.0848. The second-order valence-electron chi connectivity index (χ2n) is 4.33. The van der Waals surface area contributed by atoms with Gasteiger partial charge >= 0.3 is 0 Å². The molecule has 2 nitrogen and oxygen atoms in total. The first kappa shape index (κ1) is 11.1. The van der Waals surface area contributed by atoms with E-state index in [9.17, 15) is 5.11 Å². The van der Waals surface area contributed by atoms with Gasteiger partial charge in [-0.3, -0.25) is 4.90 Å². The quantitative estimate of drug-likeness (QED) is 0.854. The normalized spacial score (nSPS) is 23.2. The molecule has 1 aromatic heterocycles. The molecule has 1 aromatic rings. The summed E-state index contributed by atoms with van der Waals surface area (Å²) in [5, 5.41) is 11.5. The topological polar surface area (TPSA) is 23.5 Å². The fraction of sp³-hybridized carbons (Fsp3) is 0.667. The molecule has 1 atom stereocenters. The predicted octanol–water partition coefficient (Wildman–Crippen LogP) is 2.40. The van der Waals surface area contributed by atoms with Gasteiger partial charge in [0.2, 0.25) is 0 Å². The van der Waals surface area contributed by atoms with Crippen molar-refractivity contribution in [2.24, 2.45) is 0 Å². The van der Waals surface area contributed by atoms with Crippen molar-refractivity contribution in [1.29, 1.82) is 0 Å². The molecule has 0 bridgehead atoms. The van der Waals surface area contributed by atoms with Gasteiger partial charge in [-0.05, 0) is 43.3 Å². The first-order chi connectivity index (χ1) is 7.31. The Morgan fingerprint density at radius 2 is 2.40 bits per heavy atom. The number of thiophene rings is 1. The number of hydrogen-bond acceptors (Lipinski definition) is 3. The number of nitrogens with zero attached hydrogens (tertiary/aromatic N) is 1. The van der Waals surface area contributed by atoms with E-state index in [4.69, 9.17) is 0 Å². The largest absolute Gasteiger partial charge is 0.395 e. The fourth-order valence-corrected chi connectivity index (χ4v) is 3.16. The average Bonchev–Trinajstić information content (AvgIpc) is 2.65. The average molecular weight is 225 g/mol. The van der Waals surface area contributed by atoms with Crippen LogP contribution in [0.4, 0.5) is 0 Å². The smallest absolute Gasteiger partial charge is 0.0587 e. The maximum absolute atomic E-state index is 9.32. The second kappa shape index (κ2) is 5.10. The van der Waals surface area contributed by atoms with Crippen molar-refractivity contribution in [3.63, 3.8) is 0 Å². The van der Waals surface area contributed by atoms with Crippen LogP contribution in [0.5, 0.6) is 0 Å². The molecule has 1 aliphatic rings. The molecular formula is C12H19NOS. The summed E-state index contributed by atoms with van der Waals surface area (Å²) in [5.41, 5.74) is 1.39. The van der Waals surface area contributed by atoms with Crippen LogP contribution in [0.15, 0.2) is 11.4 Å². The number of aliphatic hydroxyl groups excluding tert-OH is 1. The molecule has 1 aliphatic heterocycles. The third kappa shape index (κ3) is 2.60. The monoisotopic (exact) mass is 225 g/mol. The number of aryl methyl sites for hydroxylation is 1. The highest BCUT2D eigenvalue weighted by molar-refractivity contribution is 7.10. The zero-order valence-electron chi connectivity index (χ0n) is 9.28. The maximum Gasteiger partial charge on any atom is 0.0587 e. The Labute approximate surface area is 95.5 Å². The fourth-order valence-electron chi connectivity index (χ4n) is 2.23. The Kier molecular flexibility index (Phi) is 3.78. The standard InChI is InChI=1S/C12H19NOS/c1-10-5-7-15-12(10)8-13-6-3-2-4-11(13)9-14/h5,7,11,14H,2-4,6,8-9H2,1H3. The first-order valence-corrected chi connectivity index (χ1v) is 6.57. The Hall–Kier alpha value is -0.380. The molecule has 2 rings (SSSR count). The zero-order chi connectivity index (χ0) is 10.7. The van der Waals surface area contributed by atoms with Gasteiger partial charge in [-0.25, -0.2) is 0 Å². The summed E-state index contributed by atoms with van der Waals surface area (Å²) in [6, 6.07) is 2.57. The number of hydrogen-bond donors (Lipinski definition) is 1. The SMILES string of the molecule is Cc1ccsc1CN1CCCCC1CO. The first-order valence-electron chi connectivity index (χ1n) is 5.69. The van der Waals surface area contributed by atoms with Crippen LogP contribution in [0.3, 0.4) is 0 Å². The van der Waals surface area contributed by atoms with Crippen LogP contribution in [0.25, 0.3) is 0 Å². The summed E-state index contributed by atoms with van der Waals surface area (Å²) >= 11 is 1.83. The summed E-state index contributed by atoms with van der Waals surface area (Å²) in [7, 11) is 0. The molecule has 0 saturated carbocycles. The molecule has 15 heavy (non-hydrogen) atoms. The molecule has 0 spiro atoms. The van der Waals surface area contributed by atoms with Gasteiger partial charge in [0.15, 0.2) is 0 Å². The van der Waals surface area contributed by atoms with Gasteiger partial charge in [-0.1, -0.05) is 6.42 Å². The lowest BCUT2D eigenvalue weighted by Gasteiger charge is -2.34. The van der Waals surface area contributed by atoms with Crippen LogP contribution in [0, 0.1) is 6.92 Å². The minimum absolute atomic E-state index is 0.310. The van der Waals surface area contributed by atoms with Gasteiger partial charge in [0.05, 0.1) is 6.61 Å². The van der Waals surface area contributed by atoms with Crippen LogP contribution < -0.4 is 0 Å². The highest BCUT2D eigenvalue weighted by atomic mass is 32.1. The van der Waals surface area contributed by atoms with Gasteiger partial charge in [-0.15, -0.1) is 11.3 Å². The minimum atomic E-state index is 0.310. The molecule has 0 amide bonds. The van der Waals surface area contributed by atoms with Crippen LogP contribution >= 0.6 is 11.3 Å². The van der Waals surface area contributed by atoms with Crippen molar-refractivity contribution >= 4 is 11.3 Å². The van der Waals surface area contributed by atoms with Crippen LogP contribution in [0.2, 0.25) is 0 Å². The maximum atomic E-state index is 9.32. The molecule has 3 heteroatoms. The molecule has 84 valence electrons. The lowest BCUT2D eigenvalue weighted by atomic mass is 10.0. The van der Waals surface area contributed by atoms with Crippen LogP contribution in [-0.4, -0.2) is 29.2 Å². The highest BCUT2D eigenvalue weighted by Gasteiger charge is 2.22. The Balaban J connectivity index is 2.00. The van der Waals surface area contributed by atoms with Gasteiger partial charge < -0.3 is 5.11 Å². The third-order valence-corrected chi connectivity index (χ3v) is 4.28. The summed E-state index contributed by atoms with van der Waals surface area (Å²) in [5.74, 6) is 0. The summed E-state index contributed by atoms with van der Waals surface area (Å²) in [6.07, 6.45) is 3.70. The van der Waals surface area contributed by atoms with E-state index >= 15 is 0 Å². The Morgan fingerprint density at radius 3 is 3.07 bits per heavy atom. The zero-order valence-corrected chi connectivity index (χ0v) is 10.1. The molecule has 1 N–H and O–H groups in total. The van der Waals surface area contributed by atoms with Crippen LogP contribution in [-0.2, 0) is 6.54 Å².